The molecule has 1 amide bonds. The molecule has 0 radical (unpaired) electrons. The van der Waals surface area contributed by atoms with Gasteiger partial charge in [-0.3, -0.25) is 4.79 Å². The molecule has 1 aromatic rings. The van der Waals surface area contributed by atoms with Crippen LogP contribution in [-0.4, -0.2) is 25.1 Å². The van der Waals surface area contributed by atoms with Gasteiger partial charge in [0, 0.05) is 12.1 Å². The van der Waals surface area contributed by atoms with Crippen LogP contribution in [0.2, 0.25) is 0 Å². The fourth-order valence-corrected chi connectivity index (χ4v) is 1.36. The molecule has 18 heavy (non-hydrogen) atoms. The molecular formula is C13H21ClN2O2. The molecule has 0 aromatic heterocycles. The first kappa shape index (κ1) is 16.7. The fourth-order valence-electron chi connectivity index (χ4n) is 1.36. The van der Waals surface area contributed by atoms with Crippen molar-refractivity contribution in [3.05, 3.63) is 29.8 Å². The van der Waals surface area contributed by atoms with Crippen LogP contribution in [0.15, 0.2) is 24.3 Å². The minimum atomic E-state index is -0.385. The topological polar surface area (TPSA) is 64.3 Å². The van der Waals surface area contributed by atoms with E-state index >= 15 is 0 Å². The SMILES string of the molecule is COc1cccc(CC(=O)NCC(C)(C)N)c1.Cl. The average molecular weight is 273 g/mol. The number of carbonyl (C=O) groups excluding carboxylic acids is 1. The van der Waals surface area contributed by atoms with Crippen molar-refractivity contribution in [3.8, 4) is 5.75 Å². The normalized spacial score (nSPS) is 10.4. The number of hydrogen-bond acceptors (Lipinski definition) is 3. The highest BCUT2D eigenvalue weighted by Crippen LogP contribution is 2.12. The number of nitrogens with two attached hydrogens (primary N) is 1. The van der Waals surface area contributed by atoms with Crippen LogP contribution in [0.4, 0.5) is 0 Å². The van der Waals surface area contributed by atoms with Gasteiger partial charge in [0.2, 0.25) is 5.91 Å². The minimum absolute atomic E-state index is 0. The number of amides is 1. The van der Waals surface area contributed by atoms with Crippen molar-refractivity contribution in [3.63, 3.8) is 0 Å². The van der Waals surface area contributed by atoms with Crippen LogP contribution in [-0.2, 0) is 11.2 Å². The van der Waals surface area contributed by atoms with Crippen LogP contribution < -0.4 is 15.8 Å². The molecule has 0 atom stereocenters. The number of carbonyl (C=O) groups is 1. The summed E-state index contributed by atoms with van der Waals surface area (Å²) >= 11 is 0. The standard InChI is InChI=1S/C13H20N2O2.ClH/c1-13(2,14)9-15-12(16)8-10-5-4-6-11(7-10)17-3;/h4-7H,8-9,14H2,1-3H3,(H,15,16);1H. The molecular weight excluding hydrogens is 252 g/mol. The van der Waals surface area contributed by atoms with Crippen molar-refractivity contribution in [1.82, 2.24) is 5.32 Å². The molecule has 0 aliphatic carbocycles. The summed E-state index contributed by atoms with van der Waals surface area (Å²) in [6.45, 7) is 4.22. The van der Waals surface area contributed by atoms with Gasteiger partial charge in [0.25, 0.3) is 0 Å². The predicted octanol–water partition coefficient (Wildman–Crippen LogP) is 1.51. The Labute approximate surface area is 114 Å². The third kappa shape index (κ3) is 6.47. The van der Waals surface area contributed by atoms with Crippen molar-refractivity contribution in [2.75, 3.05) is 13.7 Å². The lowest BCUT2D eigenvalue weighted by Crippen LogP contribution is -2.45. The third-order valence-corrected chi connectivity index (χ3v) is 2.24. The Hall–Kier alpha value is -1.26. The first-order valence-electron chi connectivity index (χ1n) is 5.59. The van der Waals surface area contributed by atoms with E-state index < -0.39 is 0 Å². The molecule has 0 saturated carbocycles. The molecule has 1 aromatic carbocycles. The second-order valence-corrected chi connectivity index (χ2v) is 4.79. The lowest BCUT2D eigenvalue weighted by Gasteiger charge is -2.18. The number of benzene rings is 1. The molecule has 0 bridgehead atoms. The van der Waals surface area contributed by atoms with Crippen molar-refractivity contribution in [2.45, 2.75) is 25.8 Å². The Bertz CT molecular complexity index is 389. The summed E-state index contributed by atoms with van der Waals surface area (Å²) in [7, 11) is 1.61. The van der Waals surface area contributed by atoms with Crippen LogP contribution in [0.5, 0.6) is 5.75 Å². The van der Waals surface area contributed by atoms with E-state index in [-0.39, 0.29) is 23.9 Å². The number of nitrogens with one attached hydrogen (secondary N) is 1. The Kier molecular flexibility index (Phi) is 6.73. The zero-order chi connectivity index (χ0) is 12.9. The van der Waals surface area contributed by atoms with Crippen molar-refractivity contribution < 1.29 is 9.53 Å². The van der Waals surface area contributed by atoms with Gasteiger partial charge in [0.15, 0.2) is 0 Å². The van der Waals surface area contributed by atoms with E-state index in [1.807, 2.05) is 38.1 Å². The molecule has 102 valence electrons. The van der Waals surface area contributed by atoms with E-state index in [0.29, 0.717) is 13.0 Å². The van der Waals surface area contributed by atoms with Gasteiger partial charge in [-0.2, -0.15) is 0 Å². The molecule has 3 N–H and O–H groups in total. The van der Waals surface area contributed by atoms with Gasteiger partial charge in [0.1, 0.15) is 5.75 Å². The number of halogens is 1. The highest BCUT2D eigenvalue weighted by atomic mass is 35.5. The predicted molar refractivity (Wildman–Crippen MR) is 75.2 cm³/mol. The Balaban J connectivity index is 0.00000289. The summed E-state index contributed by atoms with van der Waals surface area (Å²) in [6.07, 6.45) is 0.341. The molecule has 0 fully saturated rings. The Morgan fingerprint density at radius 2 is 2.11 bits per heavy atom. The van der Waals surface area contributed by atoms with E-state index in [9.17, 15) is 4.79 Å². The maximum absolute atomic E-state index is 11.7. The number of rotatable bonds is 5. The third-order valence-electron chi connectivity index (χ3n) is 2.24. The van der Waals surface area contributed by atoms with E-state index in [4.69, 9.17) is 10.5 Å². The minimum Gasteiger partial charge on any atom is -0.497 e. The van der Waals surface area contributed by atoms with E-state index in [0.717, 1.165) is 11.3 Å². The monoisotopic (exact) mass is 272 g/mol. The molecule has 0 aliphatic rings. The fraction of sp³-hybridized carbons (Fsp3) is 0.462. The molecule has 0 heterocycles. The molecule has 0 saturated heterocycles. The maximum atomic E-state index is 11.7. The second-order valence-electron chi connectivity index (χ2n) is 4.79. The van der Waals surface area contributed by atoms with Gasteiger partial charge in [-0.05, 0) is 31.5 Å². The van der Waals surface area contributed by atoms with Gasteiger partial charge < -0.3 is 15.8 Å². The highest BCUT2D eigenvalue weighted by Gasteiger charge is 2.12. The highest BCUT2D eigenvalue weighted by molar-refractivity contribution is 5.85. The van der Waals surface area contributed by atoms with Crippen LogP contribution in [0.3, 0.4) is 0 Å². The molecule has 1 rings (SSSR count). The first-order valence-corrected chi connectivity index (χ1v) is 5.59. The van der Waals surface area contributed by atoms with Crippen LogP contribution in [0.1, 0.15) is 19.4 Å². The van der Waals surface area contributed by atoms with Crippen LogP contribution >= 0.6 is 12.4 Å². The van der Waals surface area contributed by atoms with Gasteiger partial charge in [0.05, 0.1) is 13.5 Å². The number of methoxy groups -OCH3 is 1. The number of ether oxygens (including phenoxy) is 1. The Morgan fingerprint density at radius 1 is 1.44 bits per heavy atom. The zero-order valence-electron chi connectivity index (χ0n) is 11.0. The molecule has 0 unspecified atom stereocenters. The molecule has 0 aliphatic heterocycles. The van der Waals surface area contributed by atoms with Gasteiger partial charge in [-0.1, -0.05) is 12.1 Å². The second kappa shape index (κ2) is 7.24. The average Bonchev–Trinajstić information content (AvgIpc) is 2.26. The van der Waals surface area contributed by atoms with Crippen molar-refractivity contribution >= 4 is 18.3 Å². The molecule has 4 nitrogen and oxygen atoms in total. The smallest absolute Gasteiger partial charge is 0.224 e. The van der Waals surface area contributed by atoms with Gasteiger partial charge in [-0.15, -0.1) is 12.4 Å². The van der Waals surface area contributed by atoms with Gasteiger partial charge in [-0.25, -0.2) is 0 Å². The van der Waals surface area contributed by atoms with E-state index in [2.05, 4.69) is 5.32 Å². The van der Waals surface area contributed by atoms with E-state index in [1.165, 1.54) is 0 Å². The first-order chi connectivity index (χ1) is 7.90. The quantitative estimate of drug-likeness (QED) is 0.854. The lowest BCUT2D eigenvalue weighted by molar-refractivity contribution is -0.120. The van der Waals surface area contributed by atoms with E-state index in [1.54, 1.807) is 7.11 Å². The summed E-state index contributed by atoms with van der Waals surface area (Å²) in [5, 5.41) is 2.80. The largest absolute Gasteiger partial charge is 0.497 e. The summed E-state index contributed by atoms with van der Waals surface area (Å²) in [4.78, 5) is 11.7. The summed E-state index contributed by atoms with van der Waals surface area (Å²) < 4.78 is 5.10. The van der Waals surface area contributed by atoms with Crippen molar-refractivity contribution in [1.29, 1.82) is 0 Å². The van der Waals surface area contributed by atoms with Crippen LogP contribution in [0, 0.1) is 0 Å². The summed E-state index contributed by atoms with van der Waals surface area (Å²) in [5.41, 5.74) is 6.33. The number of hydrogen-bond donors (Lipinski definition) is 2. The van der Waals surface area contributed by atoms with Crippen LogP contribution in [0.25, 0.3) is 0 Å². The molecule has 0 spiro atoms. The molecule has 5 heteroatoms. The Morgan fingerprint density at radius 3 is 2.67 bits per heavy atom. The summed E-state index contributed by atoms with van der Waals surface area (Å²) in [6, 6.07) is 7.47. The van der Waals surface area contributed by atoms with Gasteiger partial charge >= 0.3 is 0 Å². The maximum Gasteiger partial charge on any atom is 0.224 e. The lowest BCUT2D eigenvalue weighted by atomic mass is 10.1. The summed E-state index contributed by atoms with van der Waals surface area (Å²) in [5.74, 6) is 0.728. The zero-order valence-corrected chi connectivity index (χ0v) is 11.8. The van der Waals surface area contributed by atoms with Crippen molar-refractivity contribution in [2.24, 2.45) is 5.73 Å².